The van der Waals surface area contributed by atoms with Crippen LogP contribution < -0.4 is 15.4 Å². The summed E-state index contributed by atoms with van der Waals surface area (Å²) in [5.74, 6) is 1.80. The lowest BCUT2D eigenvalue weighted by molar-refractivity contribution is -0.132. The van der Waals surface area contributed by atoms with Crippen LogP contribution in [-0.4, -0.2) is 49.0 Å². The normalized spacial score (nSPS) is 28.5. The zero-order valence-electron chi connectivity index (χ0n) is 14.4. The minimum Gasteiger partial charge on any atom is -0.484 e. The van der Waals surface area contributed by atoms with Crippen LogP contribution in [0.15, 0.2) is 24.3 Å². The Labute approximate surface area is 147 Å². The van der Waals surface area contributed by atoms with Gasteiger partial charge in [0.2, 0.25) is 5.91 Å². The number of carbonyl (C=O) groups is 2. The molecule has 2 amide bonds. The molecule has 4 rings (SSSR count). The molecule has 1 aliphatic carbocycles. The van der Waals surface area contributed by atoms with Crippen molar-refractivity contribution >= 4 is 17.5 Å². The molecule has 3 unspecified atom stereocenters. The molecule has 2 aliphatic heterocycles. The highest BCUT2D eigenvalue weighted by Crippen LogP contribution is 2.37. The maximum atomic E-state index is 12.4. The number of rotatable bonds is 4. The van der Waals surface area contributed by atoms with Crippen molar-refractivity contribution in [2.24, 2.45) is 17.6 Å². The number of amides is 2. The number of nitrogens with zero attached hydrogens (tertiary/aromatic N) is 2. The van der Waals surface area contributed by atoms with E-state index >= 15 is 0 Å². The van der Waals surface area contributed by atoms with E-state index in [0.717, 1.165) is 44.6 Å². The van der Waals surface area contributed by atoms with Crippen LogP contribution in [0.2, 0.25) is 0 Å². The topological polar surface area (TPSA) is 75.9 Å². The lowest BCUT2D eigenvalue weighted by atomic mass is 9.98. The Kier molecular flexibility index (Phi) is 4.37. The molecule has 1 saturated carbocycles. The summed E-state index contributed by atoms with van der Waals surface area (Å²) in [7, 11) is 0. The van der Waals surface area contributed by atoms with Crippen LogP contribution in [0.5, 0.6) is 5.75 Å². The lowest BCUT2D eigenvalue weighted by Crippen LogP contribution is -2.36. The summed E-state index contributed by atoms with van der Waals surface area (Å²) in [5, 5.41) is 0. The van der Waals surface area contributed by atoms with E-state index in [-0.39, 0.29) is 24.5 Å². The van der Waals surface area contributed by atoms with E-state index in [1.807, 2.05) is 29.2 Å². The molecule has 2 N–H and O–H groups in total. The number of hydrogen-bond acceptors (Lipinski definition) is 4. The van der Waals surface area contributed by atoms with E-state index in [2.05, 4.69) is 0 Å². The van der Waals surface area contributed by atoms with Crippen LogP contribution in [0.1, 0.15) is 25.7 Å². The van der Waals surface area contributed by atoms with Crippen LogP contribution in [0.3, 0.4) is 0 Å². The molecule has 0 radical (unpaired) electrons. The van der Waals surface area contributed by atoms with Crippen LogP contribution in [-0.2, 0) is 9.59 Å². The van der Waals surface area contributed by atoms with Gasteiger partial charge in [0.05, 0.1) is 0 Å². The number of benzene rings is 1. The Morgan fingerprint density at radius 3 is 2.92 bits per heavy atom. The zero-order valence-corrected chi connectivity index (χ0v) is 14.4. The minimum atomic E-state index is 0.0178. The molecule has 25 heavy (non-hydrogen) atoms. The molecule has 1 aromatic rings. The van der Waals surface area contributed by atoms with Gasteiger partial charge in [-0.05, 0) is 43.2 Å². The summed E-state index contributed by atoms with van der Waals surface area (Å²) >= 11 is 0. The van der Waals surface area contributed by atoms with Gasteiger partial charge >= 0.3 is 0 Å². The Balaban J connectivity index is 1.34. The maximum Gasteiger partial charge on any atom is 0.260 e. The molecule has 3 fully saturated rings. The van der Waals surface area contributed by atoms with Gasteiger partial charge in [0.25, 0.3) is 5.91 Å². The number of nitrogens with two attached hydrogens (primary N) is 1. The molecular weight excluding hydrogens is 318 g/mol. The Morgan fingerprint density at radius 2 is 2.16 bits per heavy atom. The number of carbonyl (C=O) groups excluding carboxylic acids is 2. The Hall–Kier alpha value is -2.08. The Morgan fingerprint density at radius 1 is 1.28 bits per heavy atom. The number of fused-ring (bicyclic) bond motifs is 1. The third kappa shape index (κ3) is 3.23. The quantitative estimate of drug-likeness (QED) is 0.896. The van der Waals surface area contributed by atoms with Gasteiger partial charge in [-0.1, -0.05) is 6.07 Å². The molecule has 6 nitrogen and oxygen atoms in total. The second-order valence-electron chi connectivity index (χ2n) is 7.40. The zero-order chi connectivity index (χ0) is 17.4. The first-order chi connectivity index (χ1) is 12.1. The molecule has 2 saturated heterocycles. The number of hydrogen-bond donors (Lipinski definition) is 1. The third-order valence-corrected chi connectivity index (χ3v) is 5.83. The second-order valence-corrected chi connectivity index (χ2v) is 7.40. The third-order valence-electron chi connectivity index (χ3n) is 5.83. The highest BCUT2D eigenvalue weighted by atomic mass is 16.5. The van der Waals surface area contributed by atoms with Gasteiger partial charge in [-0.15, -0.1) is 0 Å². The van der Waals surface area contributed by atoms with E-state index in [0.29, 0.717) is 24.0 Å². The average Bonchev–Trinajstić information content (AvgIpc) is 3.31. The largest absolute Gasteiger partial charge is 0.484 e. The molecule has 2 heterocycles. The fourth-order valence-corrected chi connectivity index (χ4v) is 4.41. The fraction of sp³-hybridized carbons (Fsp3) is 0.579. The summed E-state index contributed by atoms with van der Waals surface area (Å²) < 4.78 is 5.70. The lowest BCUT2D eigenvalue weighted by Gasteiger charge is -2.20. The van der Waals surface area contributed by atoms with E-state index in [1.54, 1.807) is 4.90 Å². The summed E-state index contributed by atoms with van der Waals surface area (Å²) in [4.78, 5) is 28.0. The van der Waals surface area contributed by atoms with Crippen LogP contribution in [0, 0.1) is 11.8 Å². The van der Waals surface area contributed by atoms with Crippen molar-refractivity contribution in [2.75, 3.05) is 31.1 Å². The average molecular weight is 343 g/mol. The van der Waals surface area contributed by atoms with Crippen molar-refractivity contribution in [3.8, 4) is 5.75 Å². The summed E-state index contributed by atoms with van der Waals surface area (Å²) in [6.45, 7) is 2.35. The van der Waals surface area contributed by atoms with Gasteiger partial charge in [0.15, 0.2) is 6.61 Å². The highest BCUT2D eigenvalue weighted by molar-refractivity contribution is 5.95. The van der Waals surface area contributed by atoms with Crippen molar-refractivity contribution in [3.05, 3.63) is 24.3 Å². The molecule has 6 heteroatoms. The van der Waals surface area contributed by atoms with Crippen molar-refractivity contribution in [1.82, 2.24) is 4.90 Å². The maximum absolute atomic E-state index is 12.4. The monoisotopic (exact) mass is 343 g/mol. The SMILES string of the molecule is NC1CCC2CN(C(=O)COc3cccc(N4CCCC4=O)c3)CC12. The van der Waals surface area contributed by atoms with Crippen molar-refractivity contribution in [3.63, 3.8) is 0 Å². The van der Waals surface area contributed by atoms with Crippen LogP contribution in [0.25, 0.3) is 0 Å². The molecule has 0 bridgehead atoms. The Bertz CT molecular complexity index is 678. The van der Waals surface area contributed by atoms with Gasteiger partial charge in [-0.25, -0.2) is 0 Å². The van der Waals surface area contributed by atoms with Gasteiger partial charge in [0, 0.05) is 43.9 Å². The fourth-order valence-electron chi connectivity index (χ4n) is 4.41. The highest BCUT2D eigenvalue weighted by Gasteiger charge is 2.42. The predicted molar refractivity (Wildman–Crippen MR) is 94.3 cm³/mol. The van der Waals surface area contributed by atoms with Crippen molar-refractivity contribution in [2.45, 2.75) is 31.7 Å². The van der Waals surface area contributed by atoms with Gasteiger partial charge < -0.3 is 20.3 Å². The minimum absolute atomic E-state index is 0.0178. The van der Waals surface area contributed by atoms with Crippen LogP contribution >= 0.6 is 0 Å². The molecule has 3 atom stereocenters. The van der Waals surface area contributed by atoms with E-state index < -0.39 is 0 Å². The summed E-state index contributed by atoms with van der Waals surface area (Å²) in [6.07, 6.45) is 3.70. The number of likely N-dealkylation sites (tertiary alicyclic amines) is 1. The first-order valence-corrected chi connectivity index (χ1v) is 9.18. The second kappa shape index (κ2) is 6.67. The molecule has 3 aliphatic rings. The van der Waals surface area contributed by atoms with E-state index in [9.17, 15) is 9.59 Å². The summed E-state index contributed by atoms with van der Waals surface area (Å²) in [6, 6.07) is 7.66. The van der Waals surface area contributed by atoms with Crippen molar-refractivity contribution < 1.29 is 14.3 Å². The predicted octanol–water partition coefficient (Wildman–Crippen LogP) is 1.39. The number of ether oxygens (including phenoxy) is 1. The molecule has 0 spiro atoms. The van der Waals surface area contributed by atoms with Gasteiger partial charge in [-0.3, -0.25) is 9.59 Å². The number of anilines is 1. The smallest absolute Gasteiger partial charge is 0.260 e. The first-order valence-electron chi connectivity index (χ1n) is 9.18. The first kappa shape index (κ1) is 16.4. The van der Waals surface area contributed by atoms with Crippen molar-refractivity contribution in [1.29, 1.82) is 0 Å². The molecule has 134 valence electrons. The molecular formula is C19H25N3O3. The van der Waals surface area contributed by atoms with E-state index in [4.69, 9.17) is 10.5 Å². The van der Waals surface area contributed by atoms with E-state index in [1.165, 1.54) is 0 Å². The van der Waals surface area contributed by atoms with Gasteiger partial charge in [0.1, 0.15) is 5.75 Å². The standard InChI is InChI=1S/C19H25N3O3/c20-17-7-6-13-10-21(11-16(13)17)19(24)12-25-15-4-1-3-14(9-15)22-8-2-5-18(22)23/h1,3-4,9,13,16-17H,2,5-8,10-12,20H2. The summed E-state index contributed by atoms with van der Waals surface area (Å²) in [5.41, 5.74) is 6.98. The van der Waals surface area contributed by atoms with Gasteiger partial charge in [-0.2, -0.15) is 0 Å². The van der Waals surface area contributed by atoms with Crippen LogP contribution in [0.4, 0.5) is 5.69 Å². The molecule has 0 aromatic heterocycles. The molecule has 1 aromatic carbocycles.